The van der Waals surface area contributed by atoms with Gasteiger partial charge in [0.25, 0.3) is 0 Å². The van der Waals surface area contributed by atoms with E-state index >= 15 is 0 Å². The zero-order chi connectivity index (χ0) is 7.71. The summed E-state index contributed by atoms with van der Waals surface area (Å²) in [5.74, 6) is 0. The molecule has 1 N–H and O–H groups in total. The van der Waals surface area contributed by atoms with Gasteiger partial charge in [0.1, 0.15) is 0 Å². The van der Waals surface area contributed by atoms with Crippen LogP contribution < -0.4 is 0 Å². The van der Waals surface area contributed by atoms with Crippen molar-refractivity contribution in [1.29, 1.82) is 0 Å². The Kier molecular flexibility index (Phi) is 2.64. The van der Waals surface area contributed by atoms with E-state index in [1.807, 2.05) is 19.6 Å². The molecule has 0 aromatic heterocycles. The normalized spacial score (nSPS) is 19.2. The molecule has 0 aromatic rings. The molecule has 0 aliphatic carbocycles. The van der Waals surface area contributed by atoms with Crippen molar-refractivity contribution >= 4 is 15.9 Å². The summed E-state index contributed by atoms with van der Waals surface area (Å²) in [5.41, 5.74) is 0. The first kappa shape index (κ1) is 9.37. The van der Waals surface area contributed by atoms with E-state index in [9.17, 15) is 4.57 Å². The lowest BCUT2D eigenvalue weighted by atomic mass is 11.8. The van der Waals surface area contributed by atoms with Crippen molar-refractivity contribution in [3.8, 4) is 0 Å². The van der Waals surface area contributed by atoms with Crippen molar-refractivity contribution in [2.45, 2.75) is 19.6 Å². The molecular formula is C4H13O3PSi. The molecule has 3 nitrogen and oxygen atoms in total. The van der Waals surface area contributed by atoms with E-state index in [1.54, 1.807) is 0 Å². The molecule has 0 saturated carbocycles. The molecule has 0 aliphatic rings. The average molecular weight is 168 g/mol. The van der Waals surface area contributed by atoms with Crippen LogP contribution >= 0.6 is 7.60 Å². The highest BCUT2D eigenvalue weighted by atomic mass is 31.2. The van der Waals surface area contributed by atoms with Gasteiger partial charge in [-0.15, -0.1) is 0 Å². The average Bonchev–Trinajstić information content (AvgIpc) is 1.14. The van der Waals surface area contributed by atoms with Crippen LogP contribution in [0.25, 0.3) is 0 Å². The third kappa shape index (κ3) is 8.37. The maximum atomic E-state index is 10.6. The van der Waals surface area contributed by atoms with E-state index in [2.05, 4.69) is 0 Å². The molecule has 0 rings (SSSR count). The molecule has 0 heterocycles. The maximum Gasteiger partial charge on any atom is 0.315 e. The number of hydrogen-bond donors (Lipinski definition) is 1. The topological polar surface area (TPSA) is 46.5 Å². The number of rotatable bonds is 2. The molecule has 0 bridgehead atoms. The zero-order valence-electron chi connectivity index (χ0n) is 6.21. The lowest BCUT2D eigenvalue weighted by Crippen LogP contribution is -2.23. The monoisotopic (exact) mass is 168 g/mol. The van der Waals surface area contributed by atoms with Crippen molar-refractivity contribution in [1.82, 2.24) is 0 Å². The van der Waals surface area contributed by atoms with E-state index in [0.717, 1.165) is 0 Å². The van der Waals surface area contributed by atoms with Crippen LogP contribution in [0.1, 0.15) is 0 Å². The van der Waals surface area contributed by atoms with Crippen LogP contribution in [0.4, 0.5) is 0 Å². The first-order chi connectivity index (χ1) is 3.71. The van der Waals surface area contributed by atoms with E-state index in [0.29, 0.717) is 0 Å². The Morgan fingerprint density at radius 2 is 1.78 bits per heavy atom. The predicted octanol–water partition coefficient (Wildman–Crippen LogP) is 1.65. The van der Waals surface area contributed by atoms with E-state index in [-0.39, 0.29) is 0 Å². The first-order valence-electron chi connectivity index (χ1n) is 2.72. The van der Waals surface area contributed by atoms with Crippen LogP contribution in [0.15, 0.2) is 0 Å². The summed E-state index contributed by atoms with van der Waals surface area (Å²) in [6.45, 7) is 6.84. The Morgan fingerprint density at radius 1 is 1.44 bits per heavy atom. The van der Waals surface area contributed by atoms with Gasteiger partial charge in [0.2, 0.25) is 0 Å². The largest absolute Gasteiger partial charge is 0.351 e. The molecule has 0 radical (unpaired) electrons. The molecule has 0 aromatic carbocycles. The zero-order valence-corrected chi connectivity index (χ0v) is 8.11. The lowest BCUT2D eigenvalue weighted by Gasteiger charge is -2.18. The third-order valence-electron chi connectivity index (χ3n) is 0.443. The first-order valence-corrected chi connectivity index (χ1v) is 8.15. The van der Waals surface area contributed by atoms with E-state index in [4.69, 9.17) is 9.11 Å². The Labute approximate surface area is 56.7 Å². The van der Waals surface area contributed by atoms with Gasteiger partial charge in [-0.25, -0.2) is 0 Å². The second-order valence-electron chi connectivity index (χ2n) is 3.01. The summed E-state index contributed by atoms with van der Waals surface area (Å²) >= 11 is 0. The van der Waals surface area contributed by atoms with Crippen molar-refractivity contribution < 1.29 is 13.7 Å². The van der Waals surface area contributed by atoms with Crippen LogP contribution in [-0.2, 0) is 8.78 Å². The second-order valence-corrected chi connectivity index (χ2v) is 9.57. The van der Waals surface area contributed by atoms with Crippen LogP contribution in [0.2, 0.25) is 19.6 Å². The summed E-state index contributed by atoms with van der Waals surface area (Å²) in [6, 6.07) is 0. The van der Waals surface area contributed by atoms with Gasteiger partial charge in [0, 0.05) is 6.66 Å². The van der Waals surface area contributed by atoms with E-state index < -0.39 is 15.9 Å². The van der Waals surface area contributed by atoms with Gasteiger partial charge in [0.15, 0.2) is 8.32 Å². The Hall–Kier alpha value is 0.367. The Morgan fingerprint density at radius 3 is 1.78 bits per heavy atom. The predicted molar refractivity (Wildman–Crippen MR) is 40.2 cm³/mol. The fourth-order valence-corrected chi connectivity index (χ4v) is 4.57. The minimum Gasteiger partial charge on any atom is -0.351 e. The van der Waals surface area contributed by atoms with Crippen LogP contribution in [0.3, 0.4) is 0 Å². The highest BCUT2D eigenvalue weighted by molar-refractivity contribution is 7.53. The molecule has 0 saturated heterocycles. The minimum atomic E-state index is -3.23. The highest BCUT2D eigenvalue weighted by Crippen LogP contribution is 2.40. The number of hydrogen-bond acceptors (Lipinski definition) is 2. The standard InChI is InChI=1S/C4H13O3PSi/c1-8(5,6)7-9(2,3)4/h1-4H3,(H,5,6). The quantitative estimate of drug-likeness (QED) is 0.503. The van der Waals surface area contributed by atoms with Gasteiger partial charge in [0.05, 0.1) is 0 Å². The van der Waals surface area contributed by atoms with Crippen LogP contribution in [0.5, 0.6) is 0 Å². The fraction of sp³-hybridized carbons (Fsp3) is 1.00. The van der Waals surface area contributed by atoms with Gasteiger partial charge in [-0.2, -0.15) is 0 Å². The van der Waals surface area contributed by atoms with Gasteiger partial charge in [-0.05, 0) is 19.6 Å². The van der Waals surface area contributed by atoms with Crippen LogP contribution in [0, 0.1) is 0 Å². The molecule has 56 valence electrons. The molecular weight excluding hydrogens is 155 g/mol. The second kappa shape index (κ2) is 2.54. The minimum absolute atomic E-state index is 1.21. The summed E-state index contributed by atoms with van der Waals surface area (Å²) in [5, 5.41) is 0. The van der Waals surface area contributed by atoms with Crippen molar-refractivity contribution in [3.05, 3.63) is 0 Å². The molecule has 9 heavy (non-hydrogen) atoms. The lowest BCUT2D eigenvalue weighted by molar-refractivity contribution is 0.386. The van der Waals surface area contributed by atoms with Gasteiger partial charge in [-0.3, -0.25) is 4.57 Å². The highest BCUT2D eigenvalue weighted by Gasteiger charge is 2.23. The van der Waals surface area contributed by atoms with Crippen LogP contribution in [-0.4, -0.2) is 19.9 Å². The van der Waals surface area contributed by atoms with Gasteiger partial charge in [-0.1, -0.05) is 0 Å². The fourth-order valence-electron chi connectivity index (χ4n) is 0.508. The third-order valence-corrected chi connectivity index (χ3v) is 3.99. The molecule has 1 unspecified atom stereocenters. The van der Waals surface area contributed by atoms with E-state index in [1.165, 1.54) is 6.66 Å². The smallest absolute Gasteiger partial charge is 0.315 e. The molecule has 0 spiro atoms. The van der Waals surface area contributed by atoms with Gasteiger partial charge >= 0.3 is 7.60 Å². The SMILES string of the molecule is C[Si](C)(C)OP(C)(=O)O. The Balaban J connectivity index is 3.90. The summed E-state index contributed by atoms with van der Waals surface area (Å²) in [7, 11) is -5.03. The summed E-state index contributed by atoms with van der Waals surface area (Å²) in [6.07, 6.45) is 0. The molecule has 0 amide bonds. The molecule has 0 aliphatic heterocycles. The van der Waals surface area contributed by atoms with Crippen molar-refractivity contribution in [2.24, 2.45) is 0 Å². The maximum absolute atomic E-state index is 10.6. The van der Waals surface area contributed by atoms with Crippen molar-refractivity contribution in [2.75, 3.05) is 6.66 Å². The summed E-state index contributed by atoms with van der Waals surface area (Å²) < 4.78 is 15.5. The molecule has 1 atom stereocenters. The molecule has 5 heteroatoms. The van der Waals surface area contributed by atoms with Crippen molar-refractivity contribution in [3.63, 3.8) is 0 Å². The summed E-state index contributed by atoms with van der Waals surface area (Å²) in [4.78, 5) is 8.72. The van der Waals surface area contributed by atoms with Gasteiger partial charge < -0.3 is 9.11 Å². The Bertz CT molecular complexity index is 133. The molecule has 0 fully saturated rings.